The zero-order chi connectivity index (χ0) is 8.55. The van der Waals surface area contributed by atoms with Gasteiger partial charge in [0, 0.05) is 21.0 Å². The number of hydrogen-bond acceptors (Lipinski definition) is 2. The zero-order valence-electron chi connectivity index (χ0n) is 6.37. The van der Waals surface area contributed by atoms with Crippen molar-refractivity contribution in [3.8, 4) is 0 Å². The molecule has 0 spiro atoms. The van der Waals surface area contributed by atoms with Gasteiger partial charge < -0.3 is 5.73 Å². The standard InChI is InChI=1S/C9H8N2S/c10-9(11)7-5-12-8-4-2-1-3-6(7)8/h1-5H,(H3,10,11). The van der Waals surface area contributed by atoms with Crippen molar-refractivity contribution in [3.63, 3.8) is 0 Å². The second kappa shape index (κ2) is 2.60. The van der Waals surface area contributed by atoms with Gasteiger partial charge in [0.1, 0.15) is 5.84 Å². The van der Waals surface area contributed by atoms with Crippen LogP contribution in [0.5, 0.6) is 0 Å². The third-order valence-corrected chi connectivity index (χ3v) is 2.73. The van der Waals surface area contributed by atoms with Crippen LogP contribution in [0.25, 0.3) is 10.1 Å². The minimum Gasteiger partial charge on any atom is -0.384 e. The summed E-state index contributed by atoms with van der Waals surface area (Å²) in [6.07, 6.45) is 0. The largest absolute Gasteiger partial charge is 0.384 e. The van der Waals surface area contributed by atoms with Crippen LogP contribution in [-0.2, 0) is 0 Å². The Kier molecular flexibility index (Phi) is 1.59. The van der Waals surface area contributed by atoms with Gasteiger partial charge in [0.25, 0.3) is 0 Å². The molecule has 0 saturated carbocycles. The molecule has 1 aromatic carbocycles. The highest BCUT2D eigenvalue weighted by Crippen LogP contribution is 2.24. The molecule has 0 fully saturated rings. The Morgan fingerprint density at radius 1 is 1.33 bits per heavy atom. The van der Waals surface area contributed by atoms with Crippen molar-refractivity contribution in [2.24, 2.45) is 5.73 Å². The van der Waals surface area contributed by atoms with Crippen LogP contribution in [0.1, 0.15) is 5.56 Å². The molecule has 2 nitrogen and oxygen atoms in total. The fourth-order valence-electron chi connectivity index (χ4n) is 1.19. The van der Waals surface area contributed by atoms with Gasteiger partial charge >= 0.3 is 0 Å². The third-order valence-electron chi connectivity index (χ3n) is 1.77. The minimum absolute atomic E-state index is 0.146. The Hall–Kier alpha value is -1.35. The van der Waals surface area contributed by atoms with Gasteiger partial charge in [-0.1, -0.05) is 18.2 Å². The highest BCUT2D eigenvalue weighted by Gasteiger charge is 2.04. The molecule has 12 heavy (non-hydrogen) atoms. The van der Waals surface area contributed by atoms with Gasteiger partial charge in [0.05, 0.1) is 0 Å². The average molecular weight is 176 g/mol. The van der Waals surface area contributed by atoms with Crippen LogP contribution in [0.2, 0.25) is 0 Å². The van der Waals surface area contributed by atoms with Gasteiger partial charge in [-0.15, -0.1) is 11.3 Å². The SMILES string of the molecule is N=C(N)c1csc2ccccc12. The van der Waals surface area contributed by atoms with Crippen molar-refractivity contribution in [2.45, 2.75) is 0 Å². The molecule has 0 aliphatic heterocycles. The molecule has 0 atom stereocenters. The number of nitrogen functional groups attached to an aromatic ring is 1. The Balaban J connectivity index is 2.79. The summed E-state index contributed by atoms with van der Waals surface area (Å²) in [4.78, 5) is 0. The van der Waals surface area contributed by atoms with Crippen LogP contribution in [0, 0.1) is 5.41 Å². The van der Waals surface area contributed by atoms with Crippen LogP contribution in [0.15, 0.2) is 29.6 Å². The van der Waals surface area contributed by atoms with E-state index in [-0.39, 0.29) is 5.84 Å². The molecular formula is C9H8N2S. The smallest absolute Gasteiger partial charge is 0.124 e. The fraction of sp³-hybridized carbons (Fsp3) is 0. The highest BCUT2D eigenvalue weighted by molar-refractivity contribution is 7.17. The van der Waals surface area contributed by atoms with Crippen LogP contribution < -0.4 is 5.73 Å². The number of hydrogen-bond donors (Lipinski definition) is 2. The van der Waals surface area contributed by atoms with Gasteiger partial charge in [0.15, 0.2) is 0 Å². The number of benzene rings is 1. The van der Waals surface area contributed by atoms with E-state index < -0.39 is 0 Å². The average Bonchev–Trinajstić information content (AvgIpc) is 2.47. The van der Waals surface area contributed by atoms with Crippen molar-refractivity contribution < 1.29 is 0 Å². The molecule has 0 aliphatic rings. The van der Waals surface area contributed by atoms with Gasteiger partial charge in [0.2, 0.25) is 0 Å². The van der Waals surface area contributed by atoms with E-state index in [1.54, 1.807) is 11.3 Å². The predicted octanol–water partition coefficient (Wildman–Crippen LogP) is 2.19. The first kappa shape index (κ1) is 7.31. The van der Waals surface area contributed by atoms with E-state index in [4.69, 9.17) is 11.1 Å². The van der Waals surface area contributed by atoms with E-state index in [0.29, 0.717) is 0 Å². The molecule has 0 amide bonds. The first-order chi connectivity index (χ1) is 5.79. The number of rotatable bonds is 1. The minimum atomic E-state index is 0.146. The molecule has 0 saturated heterocycles. The Bertz CT molecular complexity index is 431. The molecule has 1 heterocycles. The lowest BCUT2D eigenvalue weighted by Gasteiger charge is -1.93. The molecular weight excluding hydrogens is 168 g/mol. The zero-order valence-corrected chi connectivity index (χ0v) is 7.19. The van der Waals surface area contributed by atoms with Gasteiger partial charge in [-0.05, 0) is 6.07 Å². The number of amidine groups is 1. The predicted molar refractivity (Wildman–Crippen MR) is 52.8 cm³/mol. The summed E-state index contributed by atoms with van der Waals surface area (Å²) in [5, 5.41) is 10.3. The Morgan fingerprint density at radius 2 is 2.08 bits per heavy atom. The first-order valence-electron chi connectivity index (χ1n) is 3.59. The van der Waals surface area contributed by atoms with Gasteiger partial charge in [-0.3, -0.25) is 5.41 Å². The summed E-state index contributed by atoms with van der Waals surface area (Å²) >= 11 is 1.62. The Morgan fingerprint density at radius 3 is 2.83 bits per heavy atom. The van der Waals surface area contributed by atoms with Crippen LogP contribution in [-0.4, -0.2) is 5.84 Å². The van der Waals surface area contributed by atoms with Crippen molar-refractivity contribution in [1.29, 1.82) is 5.41 Å². The topological polar surface area (TPSA) is 49.9 Å². The van der Waals surface area contributed by atoms with E-state index in [0.717, 1.165) is 10.9 Å². The summed E-state index contributed by atoms with van der Waals surface area (Å²) in [5.74, 6) is 0.146. The molecule has 0 bridgehead atoms. The number of thiophene rings is 1. The van der Waals surface area contributed by atoms with E-state index in [9.17, 15) is 0 Å². The number of nitrogens with one attached hydrogen (secondary N) is 1. The lowest BCUT2D eigenvalue weighted by Crippen LogP contribution is -2.09. The summed E-state index contributed by atoms with van der Waals surface area (Å²) in [5.41, 5.74) is 6.26. The maximum Gasteiger partial charge on any atom is 0.124 e. The van der Waals surface area contributed by atoms with E-state index in [1.807, 2.05) is 29.6 Å². The second-order valence-corrected chi connectivity index (χ2v) is 3.47. The molecule has 0 radical (unpaired) electrons. The van der Waals surface area contributed by atoms with Gasteiger partial charge in [-0.25, -0.2) is 0 Å². The normalized spacial score (nSPS) is 10.3. The number of fused-ring (bicyclic) bond motifs is 1. The van der Waals surface area contributed by atoms with Crippen molar-refractivity contribution in [1.82, 2.24) is 0 Å². The molecule has 0 unspecified atom stereocenters. The van der Waals surface area contributed by atoms with Gasteiger partial charge in [-0.2, -0.15) is 0 Å². The molecule has 3 N–H and O–H groups in total. The first-order valence-corrected chi connectivity index (χ1v) is 4.47. The fourth-order valence-corrected chi connectivity index (χ4v) is 2.15. The molecule has 2 aromatic rings. The highest BCUT2D eigenvalue weighted by atomic mass is 32.1. The maximum atomic E-state index is 7.32. The lowest BCUT2D eigenvalue weighted by atomic mass is 10.2. The van der Waals surface area contributed by atoms with E-state index in [2.05, 4.69) is 0 Å². The summed E-state index contributed by atoms with van der Waals surface area (Å²) in [7, 11) is 0. The summed E-state index contributed by atoms with van der Waals surface area (Å²) in [6, 6.07) is 7.97. The molecule has 2 rings (SSSR count). The summed E-state index contributed by atoms with van der Waals surface area (Å²) < 4.78 is 1.18. The number of nitrogens with two attached hydrogens (primary N) is 1. The van der Waals surface area contributed by atoms with Crippen molar-refractivity contribution in [2.75, 3.05) is 0 Å². The van der Waals surface area contributed by atoms with Crippen molar-refractivity contribution >= 4 is 27.3 Å². The van der Waals surface area contributed by atoms with Crippen molar-refractivity contribution in [3.05, 3.63) is 35.2 Å². The van der Waals surface area contributed by atoms with E-state index in [1.165, 1.54) is 4.70 Å². The third kappa shape index (κ3) is 0.987. The van der Waals surface area contributed by atoms with Crippen LogP contribution >= 0.6 is 11.3 Å². The van der Waals surface area contributed by atoms with E-state index >= 15 is 0 Å². The molecule has 0 aliphatic carbocycles. The molecule has 3 heteroatoms. The maximum absolute atomic E-state index is 7.32. The molecule has 1 aromatic heterocycles. The van der Waals surface area contributed by atoms with Crippen LogP contribution in [0.3, 0.4) is 0 Å². The summed E-state index contributed by atoms with van der Waals surface area (Å²) in [6.45, 7) is 0. The second-order valence-electron chi connectivity index (χ2n) is 2.56. The Labute approximate surface area is 74.1 Å². The lowest BCUT2D eigenvalue weighted by molar-refractivity contribution is 1.45. The molecule has 60 valence electrons. The monoisotopic (exact) mass is 176 g/mol. The van der Waals surface area contributed by atoms with Crippen LogP contribution in [0.4, 0.5) is 0 Å². The quantitative estimate of drug-likeness (QED) is 0.508.